The summed E-state index contributed by atoms with van der Waals surface area (Å²) in [7, 11) is -3.09. The summed E-state index contributed by atoms with van der Waals surface area (Å²) in [5.41, 5.74) is 4.20. The van der Waals surface area contributed by atoms with Crippen molar-refractivity contribution in [2.24, 2.45) is 11.0 Å². The zero-order valence-corrected chi connectivity index (χ0v) is 15.0. The molecule has 1 heterocycles. The number of nitrogens with one attached hydrogen (secondary N) is 1. The van der Waals surface area contributed by atoms with E-state index >= 15 is 0 Å². The molecule has 1 N–H and O–H groups in total. The molecule has 1 saturated heterocycles. The van der Waals surface area contributed by atoms with Gasteiger partial charge in [-0.15, -0.1) is 0 Å². The van der Waals surface area contributed by atoms with E-state index < -0.39 is 15.8 Å². The van der Waals surface area contributed by atoms with Gasteiger partial charge in [0.2, 0.25) is 5.91 Å². The first kappa shape index (κ1) is 18.1. The number of rotatable bonds is 6. The molecule has 1 atom stereocenters. The second-order valence-corrected chi connectivity index (χ2v) is 8.38. The summed E-state index contributed by atoms with van der Waals surface area (Å²) in [5.74, 6) is -0.291. The van der Waals surface area contributed by atoms with Crippen LogP contribution in [0, 0.1) is 5.92 Å². The summed E-state index contributed by atoms with van der Waals surface area (Å²) < 4.78 is 28.7. The van der Waals surface area contributed by atoms with Crippen LogP contribution in [-0.2, 0) is 21.2 Å². The molecule has 6 nitrogen and oxygen atoms in total. The fourth-order valence-corrected chi connectivity index (χ4v) is 4.45. The van der Waals surface area contributed by atoms with Crippen molar-refractivity contribution < 1.29 is 17.9 Å². The number of hydrogen-bond acceptors (Lipinski definition) is 5. The van der Waals surface area contributed by atoms with Crippen molar-refractivity contribution in [2.45, 2.75) is 13.0 Å². The Bertz CT molecular complexity index is 895. The maximum atomic E-state index is 12.0. The van der Waals surface area contributed by atoms with Crippen molar-refractivity contribution in [3.8, 4) is 5.75 Å². The molecule has 1 aliphatic rings. The van der Waals surface area contributed by atoms with E-state index in [-0.39, 0.29) is 17.4 Å². The molecule has 1 aliphatic heterocycles. The molecular formula is C19H20N2O4S. The SMILES string of the molecule is O=C(N/N=C\c1ccccc1OCc1ccccc1)[C@H]1CCS(=O)(=O)C1. The molecule has 0 unspecified atom stereocenters. The number of carbonyl (C=O) groups is 1. The lowest BCUT2D eigenvalue weighted by molar-refractivity contribution is -0.124. The van der Waals surface area contributed by atoms with Crippen LogP contribution in [0.2, 0.25) is 0 Å². The van der Waals surface area contributed by atoms with Gasteiger partial charge in [0.25, 0.3) is 0 Å². The van der Waals surface area contributed by atoms with Crippen molar-refractivity contribution in [3.05, 3.63) is 65.7 Å². The summed E-state index contributed by atoms with van der Waals surface area (Å²) in [5, 5.41) is 3.95. The maximum Gasteiger partial charge on any atom is 0.244 e. The molecule has 7 heteroatoms. The molecule has 1 amide bonds. The monoisotopic (exact) mass is 372 g/mol. The number of ether oxygens (including phenoxy) is 1. The molecule has 26 heavy (non-hydrogen) atoms. The van der Waals surface area contributed by atoms with Gasteiger partial charge >= 0.3 is 0 Å². The number of sulfone groups is 1. The van der Waals surface area contributed by atoms with Crippen LogP contribution in [0.5, 0.6) is 5.75 Å². The second-order valence-electron chi connectivity index (χ2n) is 6.15. The van der Waals surface area contributed by atoms with Crippen molar-refractivity contribution in [1.82, 2.24) is 5.43 Å². The molecule has 0 aromatic heterocycles. The number of para-hydroxylation sites is 1. The van der Waals surface area contributed by atoms with Gasteiger partial charge in [0, 0.05) is 5.56 Å². The number of hydrogen-bond donors (Lipinski definition) is 1. The Kier molecular flexibility index (Phi) is 5.68. The molecular weight excluding hydrogens is 352 g/mol. The highest BCUT2D eigenvalue weighted by molar-refractivity contribution is 7.91. The van der Waals surface area contributed by atoms with Gasteiger partial charge < -0.3 is 4.74 Å². The zero-order valence-electron chi connectivity index (χ0n) is 14.2. The lowest BCUT2D eigenvalue weighted by atomic mass is 10.1. The fraction of sp³-hybridized carbons (Fsp3) is 0.263. The standard InChI is InChI=1S/C19H20N2O4S/c22-19(17-10-11-26(23,24)14-17)21-20-12-16-8-4-5-9-18(16)25-13-15-6-2-1-3-7-15/h1-9,12,17H,10-11,13-14H2,(H,21,22)/b20-12-/t17-/m0/s1. The minimum absolute atomic E-state index is 0.0605. The predicted molar refractivity (Wildman–Crippen MR) is 99.7 cm³/mol. The van der Waals surface area contributed by atoms with Crippen molar-refractivity contribution in [1.29, 1.82) is 0 Å². The number of benzene rings is 2. The van der Waals surface area contributed by atoms with Crippen LogP contribution in [0.3, 0.4) is 0 Å². The van der Waals surface area contributed by atoms with Crippen LogP contribution < -0.4 is 10.2 Å². The largest absolute Gasteiger partial charge is 0.488 e. The van der Waals surface area contributed by atoms with Crippen LogP contribution in [-0.4, -0.2) is 32.0 Å². The molecule has 0 aliphatic carbocycles. The predicted octanol–water partition coefficient (Wildman–Crippen LogP) is 2.15. The smallest absolute Gasteiger partial charge is 0.244 e. The van der Waals surface area contributed by atoms with E-state index in [2.05, 4.69) is 10.5 Å². The van der Waals surface area contributed by atoms with Crippen LogP contribution in [0.15, 0.2) is 59.7 Å². The first-order valence-electron chi connectivity index (χ1n) is 8.32. The van der Waals surface area contributed by atoms with Crippen molar-refractivity contribution in [2.75, 3.05) is 11.5 Å². The van der Waals surface area contributed by atoms with Gasteiger partial charge in [0.15, 0.2) is 9.84 Å². The van der Waals surface area contributed by atoms with E-state index in [9.17, 15) is 13.2 Å². The normalized spacial score (nSPS) is 18.7. The third kappa shape index (κ3) is 4.92. The summed E-state index contributed by atoms with van der Waals surface area (Å²) in [6, 6.07) is 17.2. The Labute approximate surface area is 152 Å². The molecule has 2 aromatic carbocycles. The summed E-state index contributed by atoms with van der Waals surface area (Å²) in [6.45, 7) is 0.429. The molecule has 0 radical (unpaired) electrons. The average molecular weight is 372 g/mol. The van der Waals surface area contributed by atoms with E-state index in [4.69, 9.17) is 4.74 Å². The topological polar surface area (TPSA) is 84.8 Å². The number of hydrazone groups is 1. The van der Waals surface area contributed by atoms with Crippen molar-refractivity contribution >= 4 is 22.0 Å². The summed E-state index contributed by atoms with van der Waals surface area (Å²) >= 11 is 0. The molecule has 0 spiro atoms. The zero-order chi connectivity index (χ0) is 18.4. The van der Waals surface area contributed by atoms with Crippen LogP contribution in [0.4, 0.5) is 0 Å². The molecule has 1 fully saturated rings. The highest BCUT2D eigenvalue weighted by Crippen LogP contribution is 2.19. The van der Waals surface area contributed by atoms with Gasteiger partial charge in [-0.05, 0) is 24.1 Å². The molecule has 3 rings (SSSR count). The number of carbonyl (C=O) groups excluding carboxylic acids is 1. The average Bonchev–Trinajstić information content (AvgIpc) is 3.02. The molecule has 0 saturated carbocycles. The maximum absolute atomic E-state index is 12.0. The Morgan fingerprint density at radius 2 is 1.88 bits per heavy atom. The van der Waals surface area contributed by atoms with E-state index in [1.165, 1.54) is 6.21 Å². The Morgan fingerprint density at radius 1 is 1.15 bits per heavy atom. The highest BCUT2D eigenvalue weighted by Gasteiger charge is 2.32. The van der Waals surface area contributed by atoms with Crippen molar-refractivity contribution in [3.63, 3.8) is 0 Å². The van der Waals surface area contributed by atoms with Gasteiger partial charge in [-0.1, -0.05) is 42.5 Å². The Balaban J connectivity index is 1.59. The molecule has 0 bridgehead atoms. The number of nitrogens with zero attached hydrogens (tertiary/aromatic N) is 1. The lowest BCUT2D eigenvalue weighted by Gasteiger charge is -2.09. The summed E-state index contributed by atoms with van der Waals surface area (Å²) in [4.78, 5) is 12.0. The minimum Gasteiger partial charge on any atom is -0.488 e. The van der Waals surface area contributed by atoms with Crippen LogP contribution >= 0.6 is 0 Å². The third-order valence-corrected chi connectivity index (χ3v) is 5.91. The molecule has 136 valence electrons. The Morgan fingerprint density at radius 3 is 2.62 bits per heavy atom. The van der Waals surface area contributed by atoms with E-state index in [0.717, 1.165) is 11.1 Å². The van der Waals surface area contributed by atoms with Gasteiger partial charge in [-0.2, -0.15) is 5.10 Å². The van der Waals surface area contributed by atoms with E-state index in [1.54, 1.807) is 0 Å². The highest BCUT2D eigenvalue weighted by atomic mass is 32.2. The van der Waals surface area contributed by atoms with Crippen LogP contribution in [0.25, 0.3) is 0 Å². The third-order valence-electron chi connectivity index (χ3n) is 4.14. The lowest BCUT2D eigenvalue weighted by Crippen LogP contribution is -2.27. The van der Waals surface area contributed by atoms with Gasteiger partial charge in [-0.3, -0.25) is 4.79 Å². The Hall–Kier alpha value is -2.67. The first-order valence-corrected chi connectivity index (χ1v) is 10.1. The number of amides is 1. The van der Waals surface area contributed by atoms with Gasteiger partial charge in [0.05, 0.1) is 23.6 Å². The first-order chi connectivity index (χ1) is 12.5. The minimum atomic E-state index is -3.09. The summed E-state index contributed by atoms with van der Waals surface area (Å²) in [6.07, 6.45) is 1.85. The second kappa shape index (κ2) is 8.14. The fourth-order valence-electron chi connectivity index (χ4n) is 2.71. The van der Waals surface area contributed by atoms with Gasteiger partial charge in [0.1, 0.15) is 12.4 Å². The van der Waals surface area contributed by atoms with Crippen LogP contribution in [0.1, 0.15) is 17.5 Å². The van der Waals surface area contributed by atoms with Gasteiger partial charge in [-0.25, -0.2) is 13.8 Å². The van der Waals surface area contributed by atoms with E-state index in [1.807, 2.05) is 54.6 Å². The quantitative estimate of drug-likeness (QED) is 0.622. The molecule has 2 aromatic rings. The van der Waals surface area contributed by atoms with E-state index in [0.29, 0.717) is 18.8 Å².